The summed E-state index contributed by atoms with van der Waals surface area (Å²) in [5.74, 6) is 0.138. The highest BCUT2D eigenvalue weighted by atomic mass is 32.2. The Morgan fingerprint density at radius 3 is 2.76 bits per heavy atom. The number of hydrogen-bond donors (Lipinski definition) is 0. The van der Waals surface area contributed by atoms with Crippen molar-refractivity contribution in [2.45, 2.75) is 24.6 Å². The second-order valence-corrected chi connectivity index (χ2v) is 8.02. The number of thiophene rings is 1. The van der Waals surface area contributed by atoms with Crippen LogP contribution in [0.3, 0.4) is 0 Å². The van der Waals surface area contributed by atoms with E-state index in [0.717, 1.165) is 5.56 Å². The molecular formula is C11H13NO3S2. The largest absolute Gasteiger partial charge is 0.333 e. The number of aryl methyl sites for hydroxylation is 1. The zero-order chi connectivity index (χ0) is 12.2. The van der Waals surface area contributed by atoms with Crippen molar-refractivity contribution < 1.29 is 13.2 Å². The molecule has 4 nitrogen and oxygen atoms in total. The van der Waals surface area contributed by atoms with E-state index in [0.29, 0.717) is 17.8 Å². The first-order valence-electron chi connectivity index (χ1n) is 5.55. The zero-order valence-corrected chi connectivity index (χ0v) is 11.1. The molecule has 2 aliphatic rings. The number of nitrogens with zero attached hydrogens (tertiary/aromatic N) is 1. The summed E-state index contributed by atoms with van der Waals surface area (Å²) in [6.45, 7) is 2.33. The summed E-state index contributed by atoms with van der Waals surface area (Å²) in [5.41, 5.74) is 1.08. The fourth-order valence-electron chi connectivity index (χ4n) is 2.63. The lowest BCUT2D eigenvalue weighted by molar-refractivity contribution is 0.0750. The minimum atomic E-state index is -2.92. The first-order valence-corrected chi connectivity index (χ1v) is 8.14. The van der Waals surface area contributed by atoms with Gasteiger partial charge in [0.1, 0.15) is 0 Å². The second-order valence-electron chi connectivity index (χ2n) is 4.79. The van der Waals surface area contributed by atoms with Gasteiger partial charge in [-0.3, -0.25) is 4.79 Å². The number of hydrogen-bond acceptors (Lipinski definition) is 4. The molecule has 3 heterocycles. The van der Waals surface area contributed by atoms with E-state index in [-0.39, 0.29) is 23.0 Å². The van der Waals surface area contributed by atoms with Gasteiger partial charge in [-0.1, -0.05) is 0 Å². The second kappa shape index (κ2) is 3.55. The number of sulfone groups is 1. The van der Waals surface area contributed by atoms with Crippen LogP contribution in [0.1, 0.15) is 21.7 Å². The Hall–Kier alpha value is -0.880. The lowest BCUT2D eigenvalue weighted by atomic mass is 10.2. The minimum absolute atomic E-state index is 0.00880. The van der Waals surface area contributed by atoms with Crippen LogP contribution in [0.5, 0.6) is 0 Å². The zero-order valence-electron chi connectivity index (χ0n) is 9.42. The number of amides is 1. The molecule has 0 N–H and O–H groups in total. The highest BCUT2D eigenvalue weighted by Crippen LogP contribution is 2.34. The van der Waals surface area contributed by atoms with Crippen LogP contribution in [0.15, 0.2) is 11.4 Å². The fraction of sp³-hybridized carbons (Fsp3) is 0.545. The molecule has 0 aliphatic carbocycles. The number of likely N-dealkylation sites (tertiary alicyclic amines) is 1. The van der Waals surface area contributed by atoms with E-state index in [9.17, 15) is 13.2 Å². The van der Waals surface area contributed by atoms with E-state index < -0.39 is 9.84 Å². The molecule has 0 radical (unpaired) electrons. The van der Waals surface area contributed by atoms with Gasteiger partial charge in [-0.15, -0.1) is 11.3 Å². The molecule has 0 aromatic carbocycles. The van der Waals surface area contributed by atoms with Gasteiger partial charge >= 0.3 is 0 Å². The molecule has 2 aliphatic heterocycles. The highest BCUT2D eigenvalue weighted by Gasteiger charge is 2.50. The van der Waals surface area contributed by atoms with E-state index in [2.05, 4.69) is 0 Å². The molecule has 2 saturated heterocycles. The summed E-state index contributed by atoms with van der Waals surface area (Å²) in [5, 5.41) is 1.62. The Kier molecular flexibility index (Phi) is 2.35. The van der Waals surface area contributed by atoms with E-state index in [4.69, 9.17) is 0 Å². The first-order chi connectivity index (χ1) is 7.97. The molecule has 2 atom stereocenters. The van der Waals surface area contributed by atoms with Crippen LogP contribution in [-0.4, -0.2) is 42.8 Å². The molecule has 1 aromatic rings. The average Bonchev–Trinajstić information content (AvgIpc) is 2.89. The van der Waals surface area contributed by atoms with Gasteiger partial charge in [0.25, 0.3) is 5.91 Å². The maximum Gasteiger partial charge on any atom is 0.264 e. The molecule has 0 spiro atoms. The Morgan fingerprint density at radius 2 is 2.29 bits per heavy atom. The smallest absolute Gasteiger partial charge is 0.264 e. The van der Waals surface area contributed by atoms with Gasteiger partial charge < -0.3 is 4.90 Å². The Labute approximate surface area is 104 Å². The van der Waals surface area contributed by atoms with Gasteiger partial charge in [-0.25, -0.2) is 8.42 Å². The minimum Gasteiger partial charge on any atom is -0.333 e. The van der Waals surface area contributed by atoms with E-state index in [1.54, 1.807) is 4.90 Å². The molecule has 6 heteroatoms. The summed E-state index contributed by atoms with van der Waals surface area (Å²) in [6, 6.07) is 1.77. The van der Waals surface area contributed by atoms with Gasteiger partial charge in [-0.2, -0.15) is 0 Å². The number of carbonyl (C=O) groups is 1. The third kappa shape index (κ3) is 1.70. The van der Waals surface area contributed by atoms with Crippen LogP contribution in [-0.2, 0) is 9.84 Å². The topological polar surface area (TPSA) is 54.5 Å². The van der Waals surface area contributed by atoms with Gasteiger partial charge in [0.2, 0.25) is 0 Å². The maximum atomic E-state index is 12.2. The summed E-state index contributed by atoms with van der Waals surface area (Å²) in [6.07, 6.45) is 0.623. The quantitative estimate of drug-likeness (QED) is 0.767. The van der Waals surface area contributed by atoms with E-state index >= 15 is 0 Å². The SMILES string of the molecule is Cc1csc(C(=O)N2CC3CC2CS3(=O)=O)c1. The van der Waals surface area contributed by atoms with Crippen molar-refractivity contribution >= 4 is 27.1 Å². The highest BCUT2D eigenvalue weighted by molar-refractivity contribution is 7.92. The molecule has 1 amide bonds. The van der Waals surface area contributed by atoms with Gasteiger partial charge in [0.05, 0.1) is 15.9 Å². The summed E-state index contributed by atoms with van der Waals surface area (Å²) < 4.78 is 23.2. The average molecular weight is 271 g/mol. The third-order valence-corrected chi connectivity index (χ3v) is 6.75. The monoisotopic (exact) mass is 271 g/mol. The normalized spacial score (nSPS) is 29.8. The number of fused-ring (bicyclic) bond motifs is 2. The Balaban J connectivity index is 1.83. The van der Waals surface area contributed by atoms with Crippen LogP contribution in [0, 0.1) is 6.92 Å². The van der Waals surface area contributed by atoms with Crippen molar-refractivity contribution in [3.8, 4) is 0 Å². The number of rotatable bonds is 1. The predicted octanol–water partition coefficient (Wildman–Crippen LogP) is 1.07. The lowest BCUT2D eigenvalue weighted by Crippen LogP contribution is -2.43. The molecule has 2 unspecified atom stereocenters. The van der Waals surface area contributed by atoms with Crippen molar-refractivity contribution in [1.82, 2.24) is 4.90 Å². The lowest BCUT2D eigenvalue weighted by Gasteiger charge is -2.26. The summed E-state index contributed by atoms with van der Waals surface area (Å²) >= 11 is 1.43. The maximum absolute atomic E-state index is 12.2. The van der Waals surface area contributed by atoms with Crippen LogP contribution in [0.2, 0.25) is 0 Å². The van der Waals surface area contributed by atoms with Gasteiger partial charge in [-0.05, 0) is 30.4 Å². The van der Waals surface area contributed by atoms with Crippen LogP contribution < -0.4 is 0 Å². The van der Waals surface area contributed by atoms with Gasteiger partial charge in [0.15, 0.2) is 9.84 Å². The van der Waals surface area contributed by atoms with Gasteiger partial charge in [0, 0.05) is 12.6 Å². The molecule has 92 valence electrons. The standard InChI is InChI=1S/C11H13NO3S2/c1-7-2-10(16-5-7)11(13)12-4-9-3-8(12)6-17(9,14)15/h2,5,8-9H,3-4,6H2,1H3. The van der Waals surface area contributed by atoms with Crippen molar-refractivity contribution in [2.75, 3.05) is 12.3 Å². The number of carbonyl (C=O) groups excluding carboxylic acids is 1. The van der Waals surface area contributed by atoms with Crippen molar-refractivity contribution in [2.24, 2.45) is 0 Å². The van der Waals surface area contributed by atoms with Crippen molar-refractivity contribution in [3.05, 3.63) is 21.9 Å². The fourth-order valence-corrected chi connectivity index (χ4v) is 5.51. The van der Waals surface area contributed by atoms with E-state index in [1.165, 1.54) is 11.3 Å². The third-order valence-electron chi connectivity index (χ3n) is 3.51. The van der Waals surface area contributed by atoms with Crippen LogP contribution >= 0.6 is 11.3 Å². The first kappa shape index (κ1) is 11.2. The molecule has 17 heavy (non-hydrogen) atoms. The Bertz CT molecular complexity index is 575. The predicted molar refractivity (Wildman–Crippen MR) is 66.1 cm³/mol. The molecule has 3 rings (SSSR count). The van der Waals surface area contributed by atoms with E-state index in [1.807, 2.05) is 18.4 Å². The van der Waals surface area contributed by atoms with Crippen molar-refractivity contribution in [3.63, 3.8) is 0 Å². The molecule has 1 aromatic heterocycles. The van der Waals surface area contributed by atoms with Crippen LogP contribution in [0.4, 0.5) is 0 Å². The van der Waals surface area contributed by atoms with Crippen LogP contribution in [0.25, 0.3) is 0 Å². The summed E-state index contributed by atoms with van der Waals surface area (Å²) in [7, 11) is -2.92. The molecule has 0 saturated carbocycles. The summed E-state index contributed by atoms with van der Waals surface area (Å²) in [4.78, 5) is 14.7. The molecular weight excluding hydrogens is 258 g/mol. The molecule has 2 bridgehead atoms. The van der Waals surface area contributed by atoms with Crippen molar-refractivity contribution in [1.29, 1.82) is 0 Å². The molecule has 2 fully saturated rings. The Morgan fingerprint density at radius 1 is 1.53 bits per heavy atom.